The number of methoxy groups -OCH3 is 2. The summed E-state index contributed by atoms with van der Waals surface area (Å²) >= 11 is 0. The Labute approximate surface area is 132 Å². The Hall–Kier alpha value is -1.75. The monoisotopic (exact) mass is 307 g/mol. The van der Waals surface area contributed by atoms with Crippen LogP contribution in [0.5, 0.6) is 11.5 Å². The van der Waals surface area contributed by atoms with Crippen molar-refractivity contribution in [2.24, 2.45) is 0 Å². The van der Waals surface area contributed by atoms with Gasteiger partial charge in [0.25, 0.3) is 5.91 Å². The normalized spacial score (nSPS) is 17.9. The maximum absolute atomic E-state index is 12.7. The first-order chi connectivity index (χ1) is 10.7. The molecule has 1 amide bonds. The summed E-state index contributed by atoms with van der Waals surface area (Å²) in [5, 5.41) is 0. The second-order valence-corrected chi connectivity index (χ2v) is 5.54. The third kappa shape index (κ3) is 3.91. The van der Waals surface area contributed by atoms with E-state index in [1.54, 1.807) is 38.3 Å². The van der Waals surface area contributed by atoms with Gasteiger partial charge in [0, 0.05) is 20.2 Å². The van der Waals surface area contributed by atoms with E-state index in [0.29, 0.717) is 23.6 Å². The molecule has 1 aromatic rings. The van der Waals surface area contributed by atoms with E-state index in [1.165, 1.54) is 6.42 Å². The fourth-order valence-corrected chi connectivity index (χ4v) is 2.73. The van der Waals surface area contributed by atoms with E-state index in [2.05, 4.69) is 0 Å². The van der Waals surface area contributed by atoms with Crippen molar-refractivity contribution < 1.29 is 19.0 Å². The van der Waals surface area contributed by atoms with E-state index >= 15 is 0 Å². The Morgan fingerprint density at radius 2 is 1.95 bits per heavy atom. The minimum atomic E-state index is -0.0925. The largest absolute Gasteiger partial charge is 0.496 e. The molecule has 1 aliphatic heterocycles. The van der Waals surface area contributed by atoms with Crippen LogP contribution in [0.15, 0.2) is 18.2 Å². The lowest BCUT2D eigenvalue weighted by Crippen LogP contribution is -2.32. The Morgan fingerprint density at radius 1 is 1.27 bits per heavy atom. The molecule has 1 aliphatic rings. The lowest BCUT2D eigenvalue weighted by atomic mass is 10.1. The first kappa shape index (κ1) is 16.6. The van der Waals surface area contributed by atoms with Gasteiger partial charge in [-0.3, -0.25) is 4.79 Å². The lowest BCUT2D eigenvalue weighted by molar-refractivity contribution is 0.00706. The molecule has 0 aromatic heterocycles. The summed E-state index contributed by atoms with van der Waals surface area (Å²) < 4.78 is 16.3. The SMILES string of the molecule is COc1cccc(OC)c1C(=O)N(C)CCC1CCCCO1. The molecule has 5 nitrogen and oxygen atoms in total. The number of hydrogen-bond donors (Lipinski definition) is 0. The fourth-order valence-electron chi connectivity index (χ4n) is 2.73. The molecule has 5 heteroatoms. The van der Waals surface area contributed by atoms with Gasteiger partial charge >= 0.3 is 0 Å². The highest BCUT2D eigenvalue weighted by atomic mass is 16.5. The Bertz CT molecular complexity index is 475. The number of nitrogens with zero attached hydrogens (tertiary/aromatic N) is 1. The molecular formula is C17H25NO4. The molecular weight excluding hydrogens is 282 g/mol. The highest BCUT2D eigenvalue weighted by molar-refractivity contribution is 5.99. The molecule has 1 aromatic carbocycles. The molecule has 1 atom stereocenters. The number of hydrogen-bond acceptors (Lipinski definition) is 4. The summed E-state index contributed by atoms with van der Waals surface area (Å²) in [4.78, 5) is 14.4. The van der Waals surface area contributed by atoms with Crippen molar-refractivity contribution in [1.29, 1.82) is 0 Å². The first-order valence-corrected chi connectivity index (χ1v) is 7.75. The van der Waals surface area contributed by atoms with Crippen LogP contribution in [0, 0.1) is 0 Å². The molecule has 1 unspecified atom stereocenters. The fraction of sp³-hybridized carbons (Fsp3) is 0.588. The van der Waals surface area contributed by atoms with Gasteiger partial charge in [0.2, 0.25) is 0 Å². The zero-order chi connectivity index (χ0) is 15.9. The summed E-state index contributed by atoms with van der Waals surface area (Å²) in [6.45, 7) is 1.49. The van der Waals surface area contributed by atoms with Gasteiger partial charge in [-0.2, -0.15) is 0 Å². The van der Waals surface area contributed by atoms with Crippen molar-refractivity contribution >= 4 is 5.91 Å². The van der Waals surface area contributed by atoms with Crippen molar-refractivity contribution in [2.45, 2.75) is 31.8 Å². The van der Waals surface area contributed by atoms with Crippen LogP contribution in [-0.4, -0.2) is 51.3 Å². The molecule has 1 saturated heterocycles. The number of amides is 1. The smallest absolute Gasteiger partial charge is 0.261 e. The van der Waals surface area contributed by atoms with Gasteiger partial charge in [0.1, 0.15) is 17.1 Å². The summed E-state index contributed by atoms with van der Waals surface area (Å²) in [6.07, 6.45) is 4.56. The second kappa shape index (κ2) is 8.03. The van der Waals surface area contributed by atoms with Gasteiger partial charge in [0.05, 0.1) is 20.3 Å². The Kier molecular flexibility index (Phi) is 6.07. The quantitative estimate of drug-likeness (QED) is 0.811. The van der Waals surface area contributed by atoms with Gasteiger partial charge in [-0.15, -0.1) is 0 Å². The number of benzene rings is 1. The molecule has 0 saturated carbocycles. The molecule has 22 heavy (non-hydrogen) atoms. The molecule has 0 aliphatic carbocycles. The maximum Gasteiger partial charge on any atom is 0.261 e. The zero-order valence-corrected chi connectivity index (χ0v) is 13.6. The summed E-state index contributed by atoms with van der Waals surface area (Å²) in [5.41, 5.74) is 0.472. The van der Waals surface area contributed by atoms with Crippen molar-refractivity contribution in [3.63, 3.8) is 0 Å². The van der Waals surface area contributed by atoms with Crippen LogP contribution >= 0.6 is 0 Å². The van der Waals surface area contributed by atoms with Crippen LogP contribution in [0.1, 0.15) is 36.0 Å². The molecule has 1 heterocycles. The van der Waals surface area contributed by atoms with Crippen LogP contribution in [-0.2, 0) is 4.74 Å². The highest BCUT2D eigenvalue weighted by Gasteiger charge is 2.22. The van der Waals surface area contributed by atoms with E-state index in [9.17, 15) is 4.79 Å². The van der Waals surface area contributed by atoms with Crippen molar-refractivity contribution in [3.05, 3.63) is 23.8 Å². The Balaban J connectivity index is 2.03. The van der Waals surface area contributed by atoms with Gasteiger partial charge in [-0.1, -0.05) is 6.07 Å². The van der Waals surface area contributed by atoms with Gasteiger partial charge in [-0.05, 0) is 37.8 Å². The molecule has 1 fully saturated rings. The molecule has 0 N–H and O–H groups in total. The minimum Gasteiger partial charge on any atom is -0.496 e. The highest BCUT2D eigenvalue weighted by Crippen LogP contribution is 2.29. The van der Waals surface area contributed by atoms with Gasteiger partial charge in [0.15, 0.2) is 0 Å². The summed E-state index contributed by atoms with van der Waals surface area (Å²) in [5.74, 6) is 0.973. The van der Waals surface area contributed by atoms with Crippen molar-refractivity contribution in [2.75, 3.05) is 34.4 Å². The average molecular weight is 307 g/mol. The van der Waals surface area contributed by atoms with Crippen LogP contribution < -0.4 is 9.47 Å². The molecule has 2 rings (SSSR count). The Morgan fingerprint density at radius 3 is 2.50 bits per heavy atom. The number of rotatable bonds is 6. The van der Waals surface area contributed by atoms with Crippen molar-refractivity contribution in [3.8, 4) is 11.5 Å². The zero-order valence-electron chi connectivity index (χ0n) is 13.6. The van der Waals surface area contributed by atoms with E-state index < -0.39 is 0 Å². The van der Waals surface area contributed by atoms with E-state index in [1.807, 2.05) is 6.07 Å². The lowest BCUT2D eigenvalue weighted by Gasteiger charge is -2.26. The average Bonchev–Trinajstić information content (AvgIpc) is 2.59. The van der Waals surface area contributed by atoms with Gasteiger partial charge in [-0.25, -0.2) is 0 Å². The maximum atomic E-state index is 12.7. The van der Waals surface area contributed by atoms with E-state index in [0.717, 1.165) is 25.9 Å². The van der Waals surface area contributed by atoms with E-state index in [-0.39, 0.29) is 12.0 Å². The summed E-state index contributed by atoms with van der Waals surface area (Å²) in [7, 11) is 4.92. The van der Waals surface area contributed by atoms with E-state index in [4.69, 9.17) is 14.2 Å². The topological polar surface area (TPSA) is 48.0 Å². The van der Waals surface area contributed by atoms with Gasteiger partial charge < -0.3 is 19.1 Å². The molecule has 0 bridgehead atoms. The second-order valence-electron chi connectivity index (χ2n) is 5.54. The predicted molar refractivity (Wildman–Crippen MR) is 84.7 cm³/mol. The predicted octanol–water partition coefficient (Wildman–Crippen LogP) is 2.74. The number of ether oxygens (including phenoxy) is 3. The van der Waals surface area contributed by atoms with Crippen LogP contribution in [0.3, 0.4) is 0 Å². The third-order valence-electron chi connectivity index (χ3n) is 4.05. The van der Waals surface area contributed by atoms with Crippen LogP contribution in [0.2, 0.25) is 0 Å². The third-order valence-corrected chi connectivity index (χ3v) is 4.05. The number of carbonyl (C=O) groups excluding carboxylic acids is 1. The molecule has 0 spiro atoms. The minimum absolute atomic E-state index is 0.0925. The number of carbonyl (C=O) groups is 1. The molecule has 0 radical (unpaired) electrons. The van der Waals surface area contributed by atoms with Crippen LogP contribution in [0.4, 0.5) is 0 Å². The standard InChI is InChI=1S/C17H25NO4/c1-18(11-10-13-7-4-5-12-22-13)17(19)16-14(20-2)8-6-9-15(16)21-3/h6,8-9,13H,4-5,7,10-12H2,1-3H3. The first-order valence-electron chi connectivity index (χ1n) is 7.75. The summed E-state index contributed by atoms with van der Waals surface area (Å²) in [6, 6.07) is 5.35. The molecule has 122 valence electrons. The van der Waals surface area contributed by atoms with Crippen molar-refractivity contribution in [1.82, 2.24) is 4.90 Å². The van der Waals surface area contributed by atoms with Crippen LogP contribution in [0.25, 0.3) is 0 Å².